The van der Waals surface area contributed by atoms with Crippen LogP contribution in [0.1, 0.15) is 32.1 Å². The summed E-state index contributed by atoms with van der Waals surface area (Å²) in [5.41, 5.74) is 1.14. The zero-order valence-corrected chi connectivity index (χ0v) is 9.71. The molecule has 92 valence electrons. The molecule has 0 aromatic heterocycles. The summed E-state index contributed by atoms with van der Waals surface area (Å²) in [6, 6.07) is 0. The molecular weight excluding hydrogens is 222 g/mol. The van der Waals surface area contributed by atoms with Crippen molar-refractivity contribution in [1.82, 2.24) is 5.32 Å². The number of nitrogens with one attached hydrogen (secondary N) is 1. The summed E-state index contributed by atoms with van der Waals surface area (Å²) in [5.74, 6) is -1.65. The van der Waals surface area contributed by atoms with E-state index in [1.165, 1.54) is 13.5 Å². The second kappa shape index (κ2) is 4.61. The molecule has 0 aromatic rings. The Morgan fingerprint density at radius 2 is 1.94 bits per heavy atom. The molecule has 2 aliphatic rings. The van der Waals surface area contributed by atoms with Gasteiger partial charge in [0.1, 0.15) is 0 Å². The quantitative estimate of drug-likeness (QED) is 0.532. The van der Waals surface area contributed by atoms with Gasteiger partial charge in [-0.05, 0) is 31.3 Å². The molecule has 0 aromatic carbocycles. The number of hydrogen-bond acceptors (Lipinski definition) is 4. The van der Waals surface area contributed by atoms with Gasteiger partial charge in [-0.1, -0.05) is 6.42 Å². The van der Waals surface area contributed by atoms with E-state index in [1.54, 1.807) is 0 Å². The van der Waals surface area contributed by atoms with E-state index in [1.807, 2.05) is 0 Å². The maximum absolute atomic E-state index is 11.6. The van der Waals surface area contributed by atoms with E-state index in [4.69, 9.17) is 0 Å². The summed E-state index contributed by atoms with van der Waals surface area (Å²) < 4.78 is 4.47. The van der Waals surface area contributed by atoms with Crippen LogP contribution >= 0.6 is 0 Å². The van der Waals surface area contributed by atoms with Crippen molar-refractivity contribution in [3.8, 4) is 0 Å². The van der Waals surface area contributed by atoms with Crippen LogP contribution < -0.4 is 5.32 Å². The fourth-order valence-corrected chi connectivity index (χ4v) is 2.24. The molecule has 1 heterocycles. The fourth-order valence-electron chi connectivity index (χ4n) is 2.24. The van der Waals surface area contributed by atoms with Crippen LogP contribution in [-0.4, -0.2) is 24.1 Å². The van der Waals surface area contributed by atoms with Crippen LogP contribution in [0, 0.1) is 0 Å². The van der Waals surface area contributed by atoms with Gasteiger partial charge in [0.15, 0.2) is 11.3 Å². The van der Waals surface area contributed by atoms with Crippen molar-refractivity contribution in [2.75, 3.05) is 7.11 Å². The van der Waals surface area contributed by atoms with E-state index < -0.39 is 11.9 Å². The summed E-state index contributed by atoms with van der Waals surface area (Å²) in [6.45, 7) is 0. The van der Waals surface area contributed by atoms with E-state index in [0.717, 1.165) is 31.3 Å². The molecule has 5 heteroatoms. The van der Waals surface area contributed by atoms with Crippen LogP contribution in [0.15, 0.2) is 22.6 Å². The molecule has 0 unspecified atom stereocenters. The number of carbonyl (C=O) groups excluding carboxylic acids is 2. The minimum atomic E-state index is -0.800. The Hall–Kier alpha value is -1.78. The Kier molecular flexibility index (Phi) is 3.17. The first-order chi connectivity index (χ1) is 8.15. The van der Waals surface area contributed by atoms with Crippen molar-refractivity contribution >= 4 is 11.9 Å². The van der Waals surface area contributed by atoms with Gasteiger partial charge in [0.25, 0.3) is 5.91 Å². The van der Waals surface area contributed by atoms with Crippen molar-refractivity contribution in [1.29, 1.82) is 0 Å². The van der Waals surface area contributed by atoms with Gasteiger partial charge in [-0.15, -0.1) is 0 Å². The molecule has 1 aliphatic heterocycles. The monoisotopic (exact) mass is 237 g/mol. The maximum Gasteiger partial charge on any atom is 0.347 e. The van der Waals surface area contributed by atoms with E-state index >= 15 is 0 Å². The number of rotatable bonds is 1. The lowest BCUT2D eigenvalue weighted by molar-refractivity contribution is -0.137. The van der Waals surface area contributed by atoms with Gasteiger partial charge in [-0.3, -0.25) is 4.79 Å². The largest absolute Gasteiger partial charge is 0.505 e. The standard InChI is InChI=1S/C12H15NO4/c1-17-12(16)8-10(14)9(13-11(8)15)7-5-3-2-4-6-7/h14H,2-6H2,1H3,(H,13,15). The zero-order valence-electron chi connectivity index (χ0n) is 9.71. The average Bonchev–Trinajstić information content (AvgIpc) is 2.65. The number of carbonyl (C=O) groups is 2. The molecule has 0 bridgehead atoms. The number of esters is 1. The molecule has 0 saturated heterocycles. The predicted molar refractivity (Wildman–Crippen MR) is 59.9 cm³/mol. The summed E-state index contributed by atoms with van der Waals surface area (Å²) in [5, 5.41) is 12.5. The van der Waals surface area contributed by atoms with Crippen LogP contribution in [0.2, 0.25) is 0 Å². The van der Waals surface area contributed by atoms with E-state index in [-0.39, 0.29) is 11.3 Å². The fraction of sp³-hybridized carbons (Fsp3) is 0.500. The van der Waals surface area contributed by atoms with Crippen molar-refractivity contribution < 1.29 is 19.4 Å². The summed E-state index contributed by atoms with van der Waals surface area (Å²) in [4.78, 5) is 22.9. The molecule has 0 atom stereocenters. The normalized spacial score (nSPS) is 20.6. The van der Waals surface area contributed by atoms with E-state index in [0.29, 0.717) is 5.70 Å². The zero-order chi connectivity index (χ0) is 12.4. The molecule has 1 amide bonds. The minimum Gasteiger partial charge on any atom is -0.505 e. The minimum absolute atomic E-state index is 0.265. The number of aliphatic hydroxyl groups is 1. The van der Waals surface area contributed by atoms with Gasteiger partial charge >= 0.3 is 5.97 Å². The lowest BCUT2D eigenvalue weighted by atomic mass is 9.93. The predicted octanol–water partition coefficient (Wildman–Crippen LogP) is 1.32. The smallest absolute Gasteiger partial charge is 0.347 e. The van der Waals surface area contributed by atoms with Crippen LogP contribution in [-0.2, 0) is 14.3 Å². The van der Waals surface area contributed by atoms with Crippen LogP contribution in [0.5, 0.6) is 0 Å². The summed E-state index contributed by atoms with van der Waals surface area (Å²) in [7, 11) is 1.18. The lowest BCUT2D eigenvalue weighted by Crippen LogP contribution is -2.21. The number of allylic oxidation sites excluding steroid dienone is 1. The third-order valence-electron chi connectivity index (χ3n) is 3.14. The first kappa shape index (κ1) is 11.7. The summed E-state index contributed by atoms with van der Waals surface area (Å²) in [6.07, 6.45) is 4.98. The van der Waals surface area contributed by atoms with Gasteiger partial charge in [-0.25, -0.2) is 4.79 Å². The second-order valence-corrected chi connectivity index (χ2v) is 4.21. The molecule has 2 rings (SSSR count). The Bertz CT molecular complexity index is 426. The average molecular weight is 237 g/mol. The van der Waals surface area contributed by atoms with Crippen molar-refractivity contribution in [2.45, 2.75) is 32.1 Å². The molecule has 2 N–H and O–H groups in total. The van der Waals surface area contributed by atoms with Gasteiger partial charge in [0.2, 0.25) is 0 Å². The highest BCUT2D eigenvalue weighted by Gasteiger charge is 2.34. The molecule has 5 nitrogen and oxygen atoms in total. The van der Waals surface area contributed by atoms with Crippen molar-refractivity contribution in [2.24, 2.45) is 0 Å². The molecule has 1 aliphatic carbocycles. The SMILES string of the molecule is COC(=O)C1=C(O)C(=C2CCCCC2)NC1=O. The second-order valence-electron chi connectivity index (χ2n) is 4.21. The molecular formula is C12H15NO4. The third kappa shape index (κ3) is 2.05. The number of hydrogen-bond donors (Lipinski definition) is 2. The maximum atomic E-state index is 11.6. The molecule has 0 radical (unpaired) electrons. The Morgan fingerprint density at radius 1 is 1.29 bits per heavy atom. The van der Waals surface area contributed by atoms with Crippen molar-refractivity contribution in [3.05, 3.63) is 22.6 Å². The van der Waals surface area contributed by atoms with E-state index in [2.05, 4.69) is 10.1 Å². The van der Waals surface area contributed by atoms with Crippen molar-refractivity contribution in [3.63, 3.8) is 0 Å². The molecule has 0 spiro atoms. The summed E-state index contributed by atoms with van der Waals surface area (Å²) >= 11 is 0. The van der Waals surface area contributed by atoms with Gasteiger partial charge in [-0.2, -0.15) is 0 Å². The van der Waals surface area contributed by atoms with Crippen LogP contribution in [0.4, 0.5) is 0 Å². The van der Waals surface area contributed by atoms with E-state index in [9.17, 15) is 14.7 Å². The number of aliphatic hydroxyl groups excluding tert-OH is 1. The van der Waals surface area contributed by atoms with Crippen LogP contribution in [0.3, 0.4) is 0 Å². The topological polar surface area (TPSA) is 75.6 Å². The highest BCUT2D eigenvalue weighted by Crippen LogP contribution is 2.30. The molecule has 17 heavy (non-hydrogen) atoms. The first-order valence-electron chi connectivity index (χ1n) is 5.70. The van der Waals surface area contributed by atoms with Gasteiger partial charge < -0.3 is 15.2 Å². The Morgan fingerprint density at radius 3 is 2.53 bits per heavy atom. The molecule has 1 saturated carbocycles. The highest BCUT2D eigenvalue weighted by molar-refractivity contribution is 6.20. The van der Waals surface area contributed by atoms with Crippen LogP contribution in [0.25, 0.3) is 0 Å². The van der Waals surface area contributed by atoms with Gasteiger partial charge in [0.05, 0.1) is 12.8 Å². The number of amides is 1. The highest BCUT2D eigenvalue weighted by atomic mass is 16.5. The number of methoxy groups -OCH3 is 1. The first-order valence-corrected chi connectivity index (χ1v) is 5.70. The van der Waals surface area contributed by atoms with Gasteiger partial charge in [0, 0.05) is 0 Å². The Labute approximate surface area is 99.1 Å². The third-order valence-corrected chi connectivity index (χ3v) is 3.14. The lowest BCUT2D eigenvalue weighted by Gasteiger charge is -2.16. The number of ether oxygens (including phenoxy) is 1. The Balaban J connectivity index is 2.37. The molecule has 1 fully saturated rings.